The Hall–Kier alpha value is -1.20. The summed E-state index contributed by atoms with van der Waals surface area (Å²) in [6.07, 6.45) is 0. The first kappa shape index (κ1) is 9.36. The van der Waals surface area contributed by atoms with Crippen LogP contribution in [0.5, 0.6) is 0 Å². The lowest BCUT2D eigenvalue weighted by atomic mass is 10.4. The van der Waals surface area contributed by atoms with Crippen LogP contribution in [0.2, 0.25) is 0 Å². The molecular weight excluding hydrogens is 198 g/mol. The van der Waals surface area contributed by atoms with Crippen molar-refractivity contribution in [3.8, 4) is 10.7 Å². The van der Waals surface area contributed by atoms with Gasteiger partial charge in [0.15, 0.2) is 0 Å². The van der Waals surface area contributed by atoms with Gasteiger partial charge in [-0.25, -0.2) is 0 Å². The van der Waals surface area contributed by atoms with Gasteiger partial charge in [-0.3, -0.25) is 0 Å². The van der Waals surface area contributed by atoms with Crippen molar-refractivity contribution in [2.45, 2.75) is 19.9 Å². The second-order valence-corrected chi connectivity index (χ2v) is 4.44. The minimum Gasteiger partial charge on any atom is -0.337 e. The Morgan fingerprint density at radius 1 is 1.50 bits per heavy atom. The average molecular weight is 209 g/mol. The Morgan fingerprint density at radius 2 is 2.29 bits per heavy atom. The van der Waals surface area contributed by atoms with Crippen molar-refractivity contribution in [1.29, 1.82) is 0 Å². The molecule has 74 valence electrons. The van der Waals surface area contributed by atoms with Crippen LogP contribution in [0.3, 0.4) is 0 Å². The van der Waals surface area contributed by atoms with Gasteiger partial charge in [0.25, 0.3) is 0 Å². The van der Waals surface area contributed by atoms with E-state index in [1.165, 1.54) is 4.88 Å². The maximum atomic E-state index is 5.62. The lowest BCUT2D eigenvalue weighted by molar-refractivity contribution is 0.362. The van der Waals surface area contributed by atoms with Gasteiger partial charge in [0, 0.05) is 4.88 Å². The summed E-state index contributed by atoms with van der Waals surface area (Å²) in [4.78, 5) is 6.44. The Balaban J connectivity index is 2.33. The van der Waals surface area contributed by atoms with Crippen molar-refractivity contribution in [3.63, 3.8) is 0 Å². The van der Waals surface area contributed by atoms with Crippen LogP contribution >= 0.6 is 11.3 Å². The van der Waals surface area contributed by atoms with Crippen LogP contribution in [0.1, 0.15) is 23.7 Å². The molecule has 2 rings (SSSR count). The molecular formula is C9H11N3OS. The lowest BCUT2D eigenvalue weighted by Crippen LogP contribution is -2.04. The molecule has 2 N–H and O–H groups in total. The molecule has 0 fully saturated rings. The summed E-state index contributed by atoms with van der Waals surface area (Å²) in [6, 6.07) is 3.80. The van der Waals surface area contributed by atoms with Crippen molar-refractivity contribution in [2.24, 2.45) is 5.73 Å². The summed E-state index contributed by atoms with van der Waals surface area (Å²) >= 11 is 1.64. The third-order valence-electron chi connectivity index (χ3n) is 1.79. The van der Waals surface area contributed by atoms with Crippen molar-refractivity contribution in [2.75, 3.05) is 0 Å². The van der Waals surface area contributed by atoms with Crippen LogP contribution in [-0.2, 0) is 0 Å². The summed E-state index contributed by atoms with van der Waals surface area (Å²) in [5, 5.41) is 3.87. The second-order valence-electron chi connectivity index (χ2n) is 3.16. The number of nitrogens with two attached hydrogens (primary N) is 1. The van der Waals surface area contributed by atoms with Crippen LogP contribution in [0.25, 0.3) is 10.7 Å². The highest BCUT2D eigenvalue weighted by molar-refractivity contribution is 7.15. The molecule has 0 aliphatic rings. The minimum absolute atomic E-state index is 0.211. The number of rotatable bonds is 2. The van der Waals surface area contributed by atoms with Gasteiger partial charge in [-0.15, -0.1) is 11.3 Å². The van der Waals surface area contributed by atoms with Crippen LogP contribution in [0, 0.1) is 6.92 Å². The first-order valence-electron chi connectivity index (χ1n) is 4.33. The highest BCUT2D eigenvalue weighted by atomic mass is 32.1. The van der Waals surface area contributed by atoms with E-state index >= 15 is 0 Å². The monoisotopic (exact) mass is 209 g/mol. The van der Waals surface area contributed by atoms with Gasteiger partial charge in [-0.05, 0) is 26.0 Å². The normalized spacial score (nSPS) is 13.1. The zero-order valence-electron chi connectivity index (χ0n) is 8.02. The highest BCUT2D eigenvalue weighted by Crippen LogP contribution is 2.25. The van der Waals surface area contributed by atoms with Gasteiger partial charge in [-0.2, -0.15) is 4.98 Å². The highest BCUT2D eigenvalue weighted by Gasteiger charge is 2.12. The van der Waals surface area contributed by atoms with E-state index in [-0.39, 0.29) is 6.04 Å². The Kier molecular flexibility index (Phi) is 2.35. The molecule has 0 unspecified atom stereocenters. The third-order valence-corrected chi connectivity index (χ3v) is 2.79. The summed E-state index contributed by atoms with van der Waals surface area (Å²) in [7, 11) is 0. The summed E-state index contributed by atoms with van der Waals surface area (Å²) < 4.78 is 5.01. The van der Waals surface area contributed by atoms with E-state index in [4.69, 9.17) is 10.3 Å². The number of aryl methyl sites for hydroxylation is 1. The van der Waals surface area contributed by atoms with Crippen molar-refractivity contribution >= 4 is 11.3 Å². The predicted molar refractivity (Wildman–Crippen MR) is 55.0 cm³/mol. The fourth-order valence-electron chi connectivity index (χ4n) is 1.07. The smallest absolute Gasteiger partial charge is 0.243 e. The zero-order valence-corrected chi connectivity index (χ0v) is 8.84. The topological polar surface area (TPSA) is 64.9 Å². The Labute approximate surface area is 85.7 Å². The SMILES string of the molecule is Cc1ccc(-c2noc([C@H](C)N)n2)s1. The fraction of sp³-hybridized carbons (Fsp3) is 0.333. The lowest BCUT2D eigenvalue weighted by Gasteiger charge is -1.92. The molecule has 2 heterocycles. The van der Waals surface area contributed by atoms with E-state index in [0.29, 0.717) is 11.7 Å². The molecule has 0 saturated heterocycles. The van der Waals surface area contributed by atoms with E-state index < -0.39 is 0 Å². The largest absolute Gasteiger partial charge is 0.337 e. The standard InChI is InChI=1S/C9H11N3OS/c1-5-3-4-7(14-5)8-11-9(6(2)10)13-12-8/h3-4,6H,10H2,1-2H3/t6-/m0/s1. The van der Waals surface area contributed by atoms with Gasteiger partial charge in [-0.1, -0.05) is 5.16 Å². The quantitative estimate of drug-likeness (QED) is 0.822. The summed E-state index contributed by atoms with van der Waals surface area (Å²) in [5.74, 6) is 1.10. The summed E-state index contributed by atoms with van der Waals surface area (Å²) in [6.45, 7) is 3.86. The van der Waals surface area contributed by atoms with Gasteiger partial charge in [0.1, 0.15) is 0 Å². The molecule has 4 nitrogen and oxygen atoms in total. The molecule has 5 heteroatoms. The molecule has 2 aromatic heterocycles. The van der Waals surface area contributed by atoms with E-state index in [0.717, 1.165) is 4.88 Å². The number of thiophene rings is 1. The molecule has 0 bridgehead atoms. The van der Waals surface area contributed by atoms with Gasteiger partial charge < -0.3 is 10.3 Å². The number of aromatic nitrogens is 2. The van der Waals surface area contributed by atoms with Crippen molar-refractivity contribution in [1.82, 2.24) is 10.1 Å². The zero-order chi connectivity index (χ0) is 10.1. The molecule has 2 aromatic rings. The van der Waals surface area contributed by atoms with E-state index in [1.807, 2.05) is 26.0 Å². The van der Waals surface area contributed by atoms with E-state index in [9.17, 15) is 0 Å². The molecule has 0 spiro atoms. The van der Waals surface area contributed by atoms with Gasteiger partial charge in [0.05, 0.1) is 10.9 Å². The molecule has 0 aliphatic heterocycles. The third kappa shape index (κ3) is 1.69. The van der Waals surface area contributed by atoms with Crippen molar-refractivity contribution < 1.29 is 4.52 Å². The van der Waals surface area contributed by atoms with Gasteiger partial charge in [0.2, 0.25) is 11.7 Å². The Morgan fingerprint density at radius 3 is 2.79 bits per heavy atom. The first-order valence-corrected chi connectivity index (χ1v) is 5.14. The molecule has 0 aromatic carbocycles. The maximum absolute atomic E-state index is 5.62. The molecule has 0 aliphatic carbocycles. The molecule has 0 radical (unpaired) electrons. The first-order chi connectivity index (χ1) is 6.66. The minimum atomic E-state index is -0.211. The number of nitrogens with zero attached hydrogens (tertiary/aromatic N) is 2. The van der Waals surface area contributed by atoms with E-state index in [2.05, 4.69) is 10.1 Å². The molecule has 0 amide bonds. The van der Waals surface area contributed by atoms with Crippen LogP contribution in [0.4, 0.5) is 0 Å². The number of hydrogen-bond acceptors (Lipinski definition) is 5. The fourth-order valence-corrected chi connectivity index (χ4v) is 1.87. The van der Waals surface area contributed by atoms with E-state index in [1.54, 1.807) is 11.3 Å². The molecule has 0 saturated carbocycles. The average Bonchev–Trinajstić information content (AvgIpc) is 2.70. The molecule has 1 atom stereocenters. The van der Waals surface area contributed by atoms with Gasteiger partial charge >= 0.3 is 0 Å². The number of hydrogen-bond donors (Lipinski definition) is 1. The summed E-state index contributed by atoms with van der Waals surface area (Å²) in [5.41, 5.74) is 5.62. The Bertz CT molecular complexity index is 433. The maximum Gasteiger partial charge on any atom is 0.243 e. The van der Waals surface area contributed by atoms with Crippen LogP contribution < -0.4 is 5.73 Å². The van der Waals surface area contributed by atoms with Crippen LogP contribution in [0.15, 0.2) is 16.7 Å². The molecule has 14 heavy (non-hydrogen) atoms. The second kappa shape index (κ2) is 3.51. The predicted octanol–water partition coefficient (Wildman–Crippen LogP) is 2.13. The van der Waals surface area contributed by atoms with Crippen LogP contribution in [-0.4, -0.2) is 10.1 Å². The van der Waals surface area contributed by atoms with Crippen molar-refractivity contribution in [3.05, 3.63) is 22.9 Å².